The summed E-state index contributed by atoms with van der Waals surface area (Å²) in [4.78, 5) is 0. The first-order chi connectivity index (χ1) is 9.52. The fraction of sp³-hybridized carbons (Fsp3) is 0.250. The molecule has 0 heterocycles. The lowest BCUT2D eigenvalue weighted by molar-refractivity contribution is 0.541. The van der Waals surface area contributed by atoms with Gasteiger partial charge in [0.2, 0.25) is 0 Å². The molecule has 0 aromatic heterocycles. The van der Waals surface area contributed by atoms with E-state index in [1.54, 1.807) is 6.92 Å². The molecule has 2 aromatic rings. The SMILES string of the molecule is CCNC(c1ccc(I)cc1)c1cc(F)c(C)cc1F. The number of hydrogen-bond donors (Lipinski definition) is 1. The summed E-state index contributed by atoms with van der Waals surface area (Å²) in [5.41, 5.74) is 1.59. The molecule has 106 valence electrons. The molecule has 1 unspecified atom stereocenters. The van der Waals surface area contributed by atoms with E-state index in [1.165, 1.54) is 12.1 Å². The third kappa shape index (κ3) is 3.35. The average Bonchev–Trinajstić information content (AvgIpc) is 2.42. The minimum Gasteiger partial charge on any atom is -0.306 e. The monoisotopic (exact) mass is 387 g/mol. The van der Waals surface area contributed by atoms with Gasteiger partial charge in [-0.05, 0) is 71.5 Å². The molecule has 4 heteroatoms. The molecular formula is C16H16F2IN. The highest BCUT2D eigenvalue weighted by Crippen LogP contribution is 2.27. The Labute approximate surface area is 131 Å². The third-order valence-corrected chi connectivity index (χ3v) is 3.92. The second-order valence-corrected chi connectivity index (χ2v) is 5.91. The zero-order valence-electron chi connectivity index (χ0n) is 11.4. The van der Waals surface area contributed by atoms with Crippen LogP contribution < -0.4 is 5.32 Å². The van der Waals surface area contributed by atoms with Crippen LogP contribution in [0.5, 0.6) is 0 Å². The van der Waals surface area contributed by atoms with Crippen molar-refractivity contribution >= 4 is 22.6 Å². The maximum absolute atomic E-state index is 14.2. The van der Waals surface area contributed by atoms with E-state index in [0.29, 0.717) is 17.7 Å². The molecule has 0 spiro atoms. The predicted molar refractivity (Wildman–Crippen MR) is 85.8 cm³/mol. The summed E-state index contributed by atoms with van der Waals surface area (Å²) < 4.78 is 29.0. The lowest BCUT2D eigenvalue weighted by atomic mass is 9.97. The van der Waals surface area contributed by atoms with Crippen LogP contribution in [0.2, 0.25) is 0 Å². The van der Waals surface area contributed by atoms with Crippen LogP contribution in [0, 0.1) is 22.1 Å². The Kier molecular flexibility index (Phi) is 5.10. The Balaban J connectivity index is 2.48. The molecule has 0 saturated carbocycles. The van der Waals surface area contributed by atoms with Crippen molar-refractivity contribution in [2.75, 3.05) is 6.54 Å². The van der Waals surface area contributed by atoms with Crippen LogP contribution in [0.15, 0.2) is 36.4 Å². The highest BCUT2D eigenvalue weighted by atomic mass is 127. The fourth-order valence-electron chi connectivity index (χ4n) is 2.15. The third-order valence-electron chi connectivity index (χ3n) is 3.20. The van der Waals surface area contributed by atoms with Gasteiger partial charge >= 0.3 is 0 Å². The molecule has 0 radical (unpaired) electrons. The molecule has 0 aliphatic rings. The molecular weight excluding hydrogens is 371 g/mol. The zero-order valence-corrected chi connectivity index (χ0v) is 13.5. The molecule has 1 atom stereocenters. The first-order valence-electron chi connectivity index (χ1n) is 6.47. The fourth-order valence-corrected chi connectivity index (χ4v) is 2.51. The molecule has 0 bridgehead atoms. The first kappa shape index (κ1) is 15.4. The van der Waals surface area contributed by atoms with E-state index >= 15 is 0 Å². The van der Waals surface area contributed by atoms with Crippen LogP contribution in [0.4, 0.5) is 8.78 Å². The lowest BCUT2D eigenvalue weighted by Gasteiger charge is -2.20. The molecule has 0 fully saturated rings. The van der Waals surface area contributed by atoms with Crippen LogP contribution in [0.3, 0.4) is 0 Å². The summed E-state index contributed by atoms with van der Waals surface area (Å²) in [5.74, 6) is -0.761. The number of hydrogen-bond acceptors (Lipinski definition) is 1. The van der Waals surface area contributed by atoms with Crippen LogP contribution >= 0.6 is 22.6 Å². The van der Waals surface area contributed by atoms with Crippen LogP contribution in [-0.2, 0) is 0 Å². The summed E-state index contributed by atoms with van der Waals surface area (Å²) >= 11 is 2.22. The van der Waals surface area contributed by atoms with Crippen LogP contribution in [0.1, 0.15) is 29.7 Å². The minimum atomic E-state index is -0.381. The zero-order chi connectivity index (χ0) is 14.7. The topological polar surface area (TPSA) is 12.0 Å². The van der Waals surface area contributed by atoms with Gasteiger partial charge in [-0.2, -0.15) is 0 Å². The number of aryl methyl sites for hydroxylation is 1. The van der Waals surface area contributed by atoms with Gasteiger partial charge in [-0.15, -0.1) is 0 Å². The van der Waals surface area contributed by atoms with Crippen LogP contribution in [0.25, 0.3) is 0 Å². The Hall–Kier alpha value is -1.01. The van der Waals surface area contributed by atoms with Crippen molar-refractivity contribution in [1.82, 2.24) is 5.32 Å². The number of nitrogens with one attached hydrogen (secondary N) is 1. The molecule has 0 saturated heterocycles. The predicted octanol–water partition coefficient (Wildman–Crippen LogP) is 4.58. The van der Waals surface area contributed by atoms with Gasteiger partial charge in [-0.1, -0.05) is 19.1 Å². The first-order valence-corrected chi connectivity index (χ1v) is 7.55. The quantitative estimate of drug-likeness (QED) is 0.758. The second-order valence-electron chi connectivity index (χ2n) is 4.67. The van der Waals surface area contributed by atoms with E-state index < -0.39 is 0 Å². The molecule has 1 N–H and O–H groups in total. The molecule has 2 rings (SSSR count). The van der Waals surface area contributed by atoms with Gasteiger partial charge in [0.15, 0.2) is 0 Å². The Morgan fingerprint density at radius 1 is 1.10 bits per heavy atom. The van der Waals surface area contributed by atoms with E-state index in [0.717, 1.165) is 9.13 Å². The maximum atomic E-state index is 14.2. The van der Waals surface area contributed by atoms with Gasteiger partial charge in [0.05, 0.1) is 6.04 Å². The normalized spacial score (nSPS) is 12.4. The van der Waals surface area contributed by atoms with E-state index in [9.17, 15) is 8.78 Å². The van der Waals surface area contributed by atoms with E-state index in [-0.39, 0.29) is 17.7 Å². The molecule has 2 aromatic carbocycles. The average molecular weight is 387 g/mol. The standard InChI is InChI=1S/C16H16F2IN/c1-3-20-16(11-4-6-12(19)7-5-11)13-9-14(17)10(2)8-15(13)18/h4-9,16,20H,3H2,1-2H3. The van der Waals surface area contributed by atoms with Crippen molar-refractivity contribution < 1.29 is 8.78 Å². The lowest BCUT2D eigenvalue weighted by Crippen LogP contribution is -2.23. The summed E-state index contributed by atoms with van der Waals surface area (Å²) in [5, 5.41) is 3.21. The maximum Gasteiger partial charge on any atom is 0.128 e. The largest absolute Gasteiger partial charge is 0.306 e. The van der Waals surface area contributed by atoms with Crippen molar-refractivity contribution in [1.29, 1.82) is 0 Å². The second kappa shape index (κ2) is 6.63. The molecule has 20 heavy (non-hydrogen) atoms. The van der Waals surface area contributed by atoms with Crippen molar-refractivity contribution in [2.45, 2.75) is 19.9 Å². The summed E-state index contributed by atoms with van der Waals surface area (Å²) in [6.45, 7) is 4.18. The van der Waals surface area contributed by atoms with Crippen LogP contribution in [-0.4, -0.2) is 6.54 Å². The number of halogens is 3. The van der Waals surface area contributed by atoms with Gasteiger partial charge in [0, 0.05) is 9.13 Å². The molecule has 0 aliphatic heterocycles. The molecule has 1 nitrogen and oxygen atoms in total. The smallest absolute Gasteiger partial charge is 0.128 e. The van der Waals surface area contributed by atoms with Gasteiger partial charge in [-0.25, -0.2) is 8.78 Å². The Bertz CT molecular complexity index is 596. The molecule has 0 amide bonds. The van der Waals surface area contributed by atoms with Crippen molar-refractivity contribution in [3.63, 3.8) is 0 Å². The summed E-state index contributed by atoms with van der Waals surface area (Å²) in [7, 11) is 0. The van der Waals surface area contributed by atoms with Crippen molar-refractivity contribution in [3.8, 4) is 0 Å². The van der Waals surface area contributed by atoms with E-state index in [4.69, 9.17) is 0 Å². The molecule has 0 aliphatic carbocycles. The van der Waals surface area contributed by atoms with E-state index in [1.807, 2.05) is 31.2 Å². The van der Waals surface area contributed by atoms with E-state index in [2.05, 4.69) is 27.9 Å². The highest BCUT2D eigenvalue weighted by Gasteiger charge is 2.18. The Morgan fingerprint density at radius 3 is 2.35 bits per heavy atom. The number of rotatable bonds is 4. The van der Waals surface area contributed by atoms with Crippen molar-refractivity contribution in [3.05, 3.63) is 68.3 Å². The summed E-state index contributed by atoms with van der Waals surface area (Å²) in [6, 6.07) is 9.99. The van der Waals surface area contributed by atoms with Gasteiger partial charge < -0.3 is 5.32 Å². The minimum absolute atomic E-state index is 0.323. The number of benzene rings is 2. The highest BCUT2D eigenvalue weighted by molar-refractivity contribution is 14.1. The Morgan fingerprint density at radius 2 is 1.75 bits per heavy atom. The van der Waals surface area contributed by atoms with Crippen molar-refractivity contribution in [2.24, 2.45) is 0 Å². The van der Waals surface area contributed by atoms with Gasteiger partial charge in [-0.3, -0.25) is 0 Å². The van der Waals surface area contributed by atoms with Gasteiger partial charge in [0.25, 0.3) is 0 Å². The van der Waals surface area contributed by atoms with Gasteiger partial charge in [0.1, 0.15) is 11.6 Å². The summed E-state index contributed by atoms with van der Waals surface area (Å²) in [6.07, 6.45) is 0.